The van der Waals surface area contributed by atoms with Gasteiger partial charge in [0.25, 0.3) is 0 Å². The van der Waals surface area contributed by atoms with Crippen molar-refractivity contribution in [3.05, 3.63) is 0 Å². The van der Waals surface area contributed by atoms with Crippen LogP contribution in [0, 0.1) is 0 Å². The second-order valence-electron chi connectivity index (χ2n) is 4.63. The number of hydrogen-bond donors (Lipinski definition) is 1. The van der Waals surface area contributed by atoms with E-state index in [0.29, 0.717) is 13.1 Å². The van der Waals surface area contributed by atoms with Gasteiger partial charge in [-0.1, -0.05) is 26.7 Å². The van der Waals surface area contributed by atoms with Crippen LogP contribution < -0.4 is 5.32 Å². The summed E-state index contributed by atoms with van der Waals surface area (Å²) >= 11 is 0. The molecule has 0 radical (unpaired) electrons. The molecule has 0 aromatic rings. The average molecular weight is 242 g/mol. The van der Waals surface area contributed by atoms with Crippen molar-refractivity contribution in [2.75, 3.05) is 13.1 Å². The van der Waals surface area contributed by atoms with Crippen LogP contribution in [0.25, 0.3) is 0 Å². The Hall–Kier alpha value is -1.06. The molecule has 0 heterocycles. The standard InChI is InChI=1S/C13H26N2O2/c1-5-7-9-15(10-8-6-2)13(17)12(16)14-11(3)4/h11H,5-10H2,1-4H3,(H,14,16). The molecule has 0 aromatic heterocycles. The van der Waals surface area contributed by atoms with E-state index in [1.54, 1.807) is 4.90 Å². The van der Waals surface area contributed by atoms with Crippen LogP contribution in [0.3, 0.4) is 0 Å². The lowest BCUT2D eigenvalue weighted by Gasteiger charge is -2.22. The molecular weight excluding hydrogens is 216 g/mol. The van der Waals surface area contributed by atoms with Crippen molar-refractivity contribution in [1.82, 2.24) is 10.2 Å². The van der Waals surface area contributed by atoms with Crippen LogP contribution in [0.4, 0.5) is 0 Å². The zero-order valence-electron chi connectivity index (χ0n) is 11.6. The van der Waals surface area contributed by atoms with Gasteiger partial charge in [-0.3, -0.25) is 9.59 Å². The van der Waals surface area contributed by atoms with Crippen molar-refractivity contribution in [2.24, 2.45) is 0 Å². The molecule has 4 nitrogen and oxygen atoms in total. The maximum absolute atomic E-state index is 11.9. The van der Waals surface area contributed by atoms with Crippen molar-refractivity contribution in [2.45, 2.75) is 59.4 Å². The van der Waals surface area contributed by atoms with Crippen molar-refractivity contribution in [1.29, 1.82) is 0 Å². The summed E-state index contributed by atoms with van der Waals surface area (Å²) in [5, 5.41) is 2.65. The molecular formula is C13H26N2O2. The Morgan fingerprint density at radius 1 is 1.06 bits per heavy atom. The summed E-state index contributed by atoms with van der Waals surface area (Å²) in [5.41, 5.74) is 0. The van der Waals surface area contributed by atoms with Gasteiger partial charge in [-0.25, -0.2) is 0 Å². The van der Waals surface area contributed by atoms with Gasteiger partial charge in [0.15, 0.2) is 0 Å². The number of amides is 2. The minimum atomic E-state index is -0.479. The summed E-state index contributed by atoms with van der Waals surface area (Å²) in [6, 6.07) is 0.00523. The van der Waals surface area contributed by atoms with Gasteiger partial charge >= 0.3 is 11.8 Å². The Labute approximate surface area is 105 Å². The first kappa shape index (κ1) is 15.9. The van der Waals surface area contributed by atoms with Crippen LogP contribution >= 0.6 is 0 Å². The Morgan fingerprint density at radius 2 is 1.53 bits per heavy atom. The molecule has 0 fully saturated rings. The van der Waals surface area contributed by atoms with E-state index in [4.69, 9.17) is 0 Å². The fraction of sp³-hybridized carbons (Fsp3) is 0.846. The van der Waals surface area contributed by atoms with Crippen LogP contribution in [0.1, 0.15) is 53.4 Å². The number of nitrogens with zero attached hydrogens (tertiary/aromatic N) is 1. The molecule has 0 unspecified atom stereocenters. The highest BCUT2D eigenvalue weighted by molar-refractivity contribution is 6.35. The third-order valence-corrected chi connectivity index (χ3v) is 2.46. The van der Waals surface area contributed by atoms with Crippen molar-refractivity contribution < 1.29 is 9.59 Å². The van der Waals surface area contributed by atoms with E-state index in [9.17, 15) is 9.59 Å². The predicted molar refractivity (Wildman–Crippen MR) is 69.7 cm³/mol. The smallest absolute Gasteiger partial charge is 0.311 e. The summed E-state index contributed by atoms with van der Waals surface area (Å²) in [5.74, 6) is -0.868. The highest BCUT2D eigenvalue weighted by Crippen LogP contribution is 2.00. The Balaban J connectivity index is 4.33. The molecule has 0 spiro atoms. The summed E-state index contributed by atoms with van der Waals surface area (Å²) in [6.45, 7) is 9.23. The summed E-state index contributed by atoms with van der Waals surface area (Å²) < 4.78 is 0. The minimum absolute atomic E-state index is 0.00523. The van der Waals surface area contributed by atoms with E-state index in [1.807, 2.05) is 13.8 Å². The molecule has 0 aliphatic heterocycles. The number of nitrogens with one attached hydrogen (secondary N) is 1. The first-order chi connectivity index (χ1) is 8.02. The van der Waals surface area contributed by atoms with E-state index in [0.717, 1.165) is 25.7 Å². The molecule has 4 heteroatoms. The van der Waals surface area contributed by atoms with E-state index in [2.05, 4.69) is 19.2 Å². The molecule has 17 heavy (non-hydrogen) atoms. The molecule has 100 valence electrons. The van der Waals surface area contributed by atoms with E-state index in [1.165, 1.54) is 0 Å². The number of carbonyl (C=O) groups excluding carboxylic acids is 2. The monoisotopic (exact) mass is 242 g/mol. The van der Waals surface area contributed by atoms with Crippen LogP contribution in [0.5, 0.6) is 0 Å². The molecule has 0 rings (SSSR count). The minimum Gasteiger partial charge on any atom is -0.346 e. The first-order valence-corrected chi connectivity index (χ1v) is 6.62. The van der Waals surface area contributed by atoms with Gasteiger partial charge in [0.1, 0.15) is 0 Å². The summed E-state index contributed by atoms with van der Waals surface area (Å²) in [7, 11) is 0. The fourth-order valence-corrected chi connectivity index (χ4v) is 1.48. The van der Waals surface area contributed by atoms with Crippen molar-refractivity contribution >= 4 is 11.8 Å². The summed E-state index contributed by atoms with van der Waals surface area (Å²) in [6.07, 6.45) is 3.96. The van der Waals surface area contributed by atoms with Gasteiger partial charge in [0.2, 0.25) is 0 Å². The van der Waals surface area contributed by atoms with Gasteiger partial charge in [-0.2, -0.15) is 0 Å². The lowest BCUT2D eigenvalue weighted by atomic mass is 10.2. The highest BCUT2D eigenvalue weighted by atomic mass is 16.2. The van der Waals surface area contributed by atoms with Crippen LogP contribution in [0.2, 0.25) is 0 Å². The number of hydrogen-bond acceptors (Lipinski definition) is 2. The molecule has 1 N–H and O–H groups in total. The van der Waals surface area contributed by atoms with Crippen LogP contribution in [0.15, 0.2) is 0 Å². The number of carbonyl (C=O) groups is 2. The lowest BCUT2D eigenvalue weighted by Crippen LogP contribution is -2.45. The van der Waals surface area contributed by atoms with Gasteiger partial charge in [-0.15, -0.1) is 0 Å². The fourth-order valence-electron chi connectivity index (χ4n) is 1.48. The maximum Gasteiger partial charge on any atom is 0.311 e. The Bertz CT molecular complexity index is 232. The predicted octanol–water partition coefficient (Wildman–Crippen LogP) is 1.94. The topological polar surface area (TPSA) is 49.4 Å². The first-order valence-electron chi connectivity index (χ1n) is 6.62. The SMILES string of the molecule is CCCCN(CCCC)C(=O)C(=O)NC(C)C. The lowest BCUT2D eigenvalue weighted by molar-refractivity contribution is -0.146. The van der Waals surface area contributed by atoms with Crippen molar-refractivity contribution in [3.8, 4) is 0 Å². The van der Waals surface area contributed by atoms with Crippen molar-refractivity contribution in [3.63, 3.8) is 0 Å². The zero-order chi connectivity index (χ0) is 13.3. The quantitative estimate of drug-likeness (QED) is 0.694. The second-order valence-corrected chi connectivity index (χ2v) is 4.63. The third kappa shape index (κ3) is 6.97. The van der Waals surface area contributed by atoms with E-state index in [-0.39, 0.29) is 11.9 Å². The number of unbranched alkanes of at least 4 members (excludes halogenated alkanes) is 2. The van der Waals surface area contributed by atoms with Crippen LogP contribution in [-0.4, -0.2) is 35.8 Å². The van der Waals surface area contributed by atoms with Gasteiger partial charge in [-0.05, 0) is 26.7 Å². The van der Waals surface area contributed by atoms with Gasteiger partial charge < -0.3 is 10.2 Å². The molecule has 0 aliphatic carbocycles. The maximum atomic E-state index is 11.9. The second kappa shape index (κ2) is 9.02. The van der Waals surface area contributed by atoms with E-state index < -0.39 is 5.91 Å². The highest BCUT2D eigenvalue weighted by Gasteiger charge is 2.21. The molecule has 0 aromatic carbocycles. The molecule has 0 saturated carbocycles. The summed E-state index contributed by atoms with van der Waals surface area (Å²) in [4.78, 5) is 25.2. The molecule has 0 aliphatic rings. The van der Waals surface area contributed by atoms with Crippen LogP contribution in [-0.2, 0) is 9.59 Å². The molecule has 0 saturated heterocycles. The largest absolute Gasteiger partial charge is 0.346 e. The zero-order valence-corrected chi connectivity index (χ0v) is 11.6. The number of rotatable bonds is 7. The molecule has 0 bridgehead atoms. The normalized spacial score (nSPS) is 10.4. The molecule has 0 atom stereocenters. The average Bonchev–Trinajstić information content (AvgIpc) is 2.27. The third-order valence-electron chi connectivity index (χ3n) is 2.46. The van der Waals surface area contributed by atoms with Gasteiger partial charge in [0.05, 0.1) is 0 Å². The van der Waals surface area contributed by atoms with Gasteiger partial charge in [0, 0.05) is 19.1 Å². The Kier molecular flexibility index (Phi) is 8.46. The Morgan fingerprint density at radius 3 is 1.88 bits per heavy atom. The van der Waals surface area contributed by atoms with E-state index >= 15 is 0 Å². The molecule has 2 amide bonds.